The van der Waals surface area contributed by atoms with Crippen LogP contribution in [0.2, 0.25) is 10.0 Å². The van der Waals surface area contributed by atoms with Crippen molar-refractivity contribution in [3.63, 3.8) is 0 Å². The van der Waals surface area contributed by atoms with Crippen LogP contribution in [0.15, 0.2) is 42.5 Å². The van der Waals surface area contributed by atoms with Gasteiger partial charge in [0.05, 0.1) is 17.7 Å². The van der Waals surface area contributed by atoms with Crippen LogP contribution in [0.5, 0.6) is 11.5 Å². The number of phenols is 1. The van der Waals surface area contributed by atoms with E-state index < -0.39 is 0 Å². The Morgan fingerprint density at radius 2 is 1.97 bits per heavy atom. The minimum Gasteiger partial charge on any atom is -0.506 e. The summed E-state index contributed by atoms with van der Waals surface area (Å²) in [6.07, 6.45) is 10.2. The van der Waals surface area contributed by atoms with Gasteiger partial charge in [-0.2, -0.15) is 0 Å². The zero-order chi connectivity index (χ0) is 20.4. The first-order valence-corrected chi connectivity index (χ1v) is 11.2. The number of allylic oxidation sites excluding steroid dienone is 2. The summed E-state index contributed by atoms with van der Waals surface area (Å²) in [6.45, 7) is 2.97. The van der Waals surface area contributed by atoms with Gasteiger partial charge in [0.1, 0.15) is 11.5 Å². The zero-order valence-electron chi connectivity index (χ0n) is 16.6. The van der Waals surface area contributed by atoms with Crippen molar-refractivity contribution >= 4 is 28.9 Å². The average Bonchev–Trinajstić information content (AvgIpc) is 3.20. The lowest BCUT2D eigenvalue weighted by Crippen LogP contribution is -2.29. The molecule has 0 fully saturated rings. The number of hydrogen-bond acceptors (Lipinski definition) is 3. The highest BCUT2D eigenvalue weighted by molar-refractivity contribution is 6.35. The molecule has 1 aliphatic carbocycles. The minimum absolute atomic E-state index is 0.0560. The molecule has 3 unspecified atom stereocenters. The number of nitrogens with one attached hydrogen (secondary N) is 1. The molecule has 2 N–H and O–H groups in total. The molecule has 2 aliphatic rings. The van der Waals surface area contributed by atoms with Crippen molar-refractivity contribution in [1.29, 1.82) is 0 Å². The van der Waals surface area contributed by atoms with Gasteiger partial charge in [0.15, 0.2) is 0 Å². The summed E-state index contributed by atoms with van der Waals surface area (Å²) < 4.78 is 6.00. The van der Waals surface area contributed by atoms with Crippen molar-refractivity contribution in [3.8, 4) is 11.5 Å². The summed E-state index contributed by atoms with van der Waals surface area (Å²) >= 11 is 12.4. The number of anilines is 1. The summed E-state index contributed by atoms with van der Waals surface area (Å²) in [7, 11) is 0. The Morgan fingerprint density at radius 3 is 2.79 bits per heavy atom. The molecule has 0 spiro atoms. The Bertz CT molecular complexity index is 912. The minimum atomic E-state index is -0.0560. The Balaban J connectivity index is 1.58. The van der Waals surface area contributed by atoms with Gasteiger partial charge < -0.3 is 15.2 Å². The molecular formula is C24H27Cl2NO2. The fourth-order valence-corrected chi connectivity index (χ4v) is 5.02. The number of ether oxygens (including phenoxy) is 1. The van der Waals surface area contributed by atoms with Gasteiger partial charge >= 0.3 is 0 Å². The number of unbranched alkanes of at least 4 members (excludes halogenated alkanes) is 3. The first-order chi connectivity index (χ1) is 14.1. The van der Waals surface area contributed by atoms with E-state index in [1.54, 1.807) is 6.07 Å². The molecule has 0 radical (unpaired) electrons. The molecule has 0 saturated heterocycles. The molecule has 29 heavy (non-hydrogen) atoms. The number of phenolic OH excluding ortho intramolecular Hbond substituents is 1. The molecule has 5 heteroatoms. The second kappa shape index (κ2) is 8.89. The van der Waals surface area contributed by atoms with E-state index in [1.165, 1.54) is 24.8 Å². The van der Waals surface area contributed by atoms with Crippen molar-refractivity contribution in [2.75, 3.05) is 11.9 Å². The van der Waals surface area contributed by atoms with Crippen LogP contribution in [-0.4, -0.2) is 11.7 Å². The van der Waals surface area contributed by atoms with Gasteiger partial charge in [0, 0.05) is 22.2 Å². The Morgan fingerprint density at radius 1 is 1.10 bits per heavy atom. The molecule has 0 aromatic heterocycles. The van der Waals surface area contributed by atoms with Gasteiger partial charge in [-0.1, -0.05) is 61.5 Å². The highest BCUT2D eigenvalue weighted by Gasteiger charge is 2.39. The maximum atomic E-state index is 10.6. The molecule has 2 aromatic carbocycles. The van der Waals surface area contributed by atoms with Crippen LogP contribution in [0, 0.1) is 5.92 Å². The second-order valence-electron chi connectivity index (χ2n) is 7.96. The Labute approximate surface area is 182 Å². The summed E-state index contributed by atoms with van der Waals surface area (Å²) in [4.78, 5) is 0. The largest absolute Gasteiger partial charge is 0.506 e. The molecule has 154 valence electrons. The molecule has 3 nitrogen and oxygen atoms in total. The van der Waals surface area contributed by atoms with Gasteiger partial charge in [-0.3, -0.25) is 0 Å². The molecule has 3 atom stereocenters. The van der Waals surface area contributed by atoms with E-state index in [0.717, 1.165) is 36.4 Å². The average molecular weight is 432 g/mol. The van der Waals surface area contributed by atoms with E-state index in [4.69, 9.17) is 27.9 Å². The third kappa shape index (κ3) is 4.22. The molecular weight excluding hydrogens is 405 g/mol. The summed E-state index contributed by atoms with van der Waals surface area (Å²) in [6, 6.07) is 9.60. The van der Waals surface area contributed by atoms with Crippen LogP contribution >= 0.6 is 23.2 Å². The fraction of sp³-hybridized carbons (Fsp3) is 0.417. The monoisotopic (exact) mass is 431 g/mol. The van der Waals surface area contributed by atoms with Gasteiger partial charge in [0.25, 0.3) is 0 Å². The number of fused-ring (bicyclic) bond motifs is 3. The standard InChI is InChI=1S/C24H27Cl2NO2/c1-2-3-4-5-11-29-16-9-10-22-19(14-16)17-7-6-8-18(17)23(27-22)20-12-15(25)13-21(26)24(20)28/h6-7,9-10,12-14,17-18,23,27-28H,2-5,8,11H2,1H3. The molecule has 2 aromatic rings. The first-order valence-electron chi connectivity index (χ1n) is 10.5. The predicted molar refractivity (Wildman–Crippen MR) is 121 cm³/mol. The van der Waals surface area contributed by atoms with Crippen molar-refractivity contribution < 1.29 is 9.84 Å². The van der Waals surface area contributed by atoms with E-state index >= 15 is 0 Å². The third-order valence-electron chi connectivity index (χ3n) is 5.99. The number of benzene rings is 2. The Kier molecular flexibility index (Phi) is 6.26. The second-order valence-corrected chi connectivity index (χ2v) is 8.80. The normalized spacial score (nSPS) is 22.1. The highest BCUT2D eigenvalue weighted by Crippen LogP contribution is 2.52. The first kappa shape index (κ1) is 20.4. The van der Waals surface area contributed by atoms with Crippen molar-refractivity contribution in [2.24, 2.45) is 5.92 Å². The topological polar surface area (TPSA) is 41.5 Å². The molecule has 1 heterocycles. The van der Waals surface area contributed by atoms with Gasteiger partial charge in [-0.05, 0) is 54.7 Å². The smallest absolute Gasteiger partial charge is 0.139 e. The quantitative estimate of drug-likeness (QED) is 0.352. The lowest BCUT2D eigenvalue weighted by Gasteiger charge is -2.38. The summed E-state index contributed by atoms with van der Waals surface area (Å²) in [5, 5.41) is 15.0. The predicted octanol–water partition coefficient (Wildman–Crippen LogP) is 7.48. The van der Waals surface area contributed by atoms with E-state index in [9.17, 15) is 5.11 Å². The number of hydrogen-bond donors (Lipinski definition) is 2. The van der Waals surface area contributed by atoms with Crippen LogP contribution < -0.4 is 10.1 Å². The highest BCUT2D eigenvalue weighted by atomic mass is 35.5. The maximum Gasteiger partial charge on any atom is 0.139 e. The lowest BCUT2D eigenvalue weighted by molar-refractivity contribution is 0.304. The van der Waals surface area contributed by atoms with Crippen LogP contribution in [0.1, 0.15) is 62.1 Å². The van der Waals surface area contributed by atoms with E-state index in [2.05, 4.69) is 36.5 Å². The zero-order valence-corrected chi connectivity index (χ0v) is 18.1. The van der Waals surface area contributed by atoms with Gasteiger partial charge in [-0.25, -0.2) is 0 Å². The van der Waals surface area contributed by atoms with Crippen LogP contribution in [0.3, 0.4) is 0 Å². The van der Waals surface area contributed by atoms with Gasteiger partial charge in [-0.15, -0.1) is 0 Å². The number of halogens is 2. The summed E-state index contributed by atoms with van der Waals surface area (Å²) in [5.41, 5.74) is 3.07. The fourth-order valence-electron chi connectivity index (χ4n) is 4.51. The molecule has 0 bridgehead atoms. The van der Waals surface area contributed by atoms with Crippen LogP contribution in [0.4, 0.5) is 5.69 Å². The van der Waals surface area contributed by atoms with Crippen molar-refractivity contribution in [3.05, 3.63) is 63.7 Å². The maximum absolute atomic E-state index is 10.6. The number of rotatable bonds is 7. The lowest BCUT2D eigenvalue weighted by atomic mass is 9.77. The van der Waals surface area contributed by atoms with Crippen LogP contribution in [0.25, 0.3) is 0 Å². The van der Waals surface area contributed by atoms with Gasteiger partial charge in [0.2, 0.25) is 0 Å². The van der Waals surface area contributed by atoms with Crippen LogP contribution in [-0.2, 0) is 0 Å². The van der Waals surface area contributed by atoms with Crippen molar-refractivity contribution in [1.82, 2.24) is 0 Å². The van der Waals surface area contributed by atoms with E-state index in [-0.39, 0.29) is 22.7 Å². The molecule has 4 rings (SSSR count). The van der Waals surface area contributed by atoms with E-state index in [1.807, 2.05) is 12.1 Å². The molecule has 0 saturated carbocycles. The van der Waals surface area contributed by atoms with E-state index in [0.29, 0.717) is 10.9 Å². The third-order valence-corrected chi connectivity index (χ3v) is 6.50. The summed E-state index contributed by atoms with van der Waals surface area (Å²) in [5.74, 6) is 1.60. The Hall–Kier alpha value is -1.84. The molecule has 0 amide bonds. The SMILES string of the molecule is CCCCCCOc1ccc2c(c1)C1C=CCC1C(c1cc(Cl)cc(Cl)c1O)N2. The molecule has 1 aliphatic heterocycles. The van der Waals surface area contributed by atoms with Crippen molar-refractivity contribution in [2.45, 2.75) is 51.0 Å². The number of aromatic hydroxyl groups is 1.